The molecule has 0 aliphatic heterocycles. The maximum Gasteiger partial charge on any atom is 0.338 e. The molecule has 0 spiro atoms. The van der Waals surface area contributed by atoms with Gasteiger partial charge >= 0.3 is 5.97 Å². The second-order valence-electron chi connectivity index (χ2n) is 4.12. The van der Waals surface area contributed by atoms with Gasteiger partial charge in [-0.2, -0.15) is 0 Å². The van der Waals surface area contributed by atoms with Crippen molar-refractivity contribution in [1.29, 1.82) is 0 Å². The Kier molecular flexibility index (Phi) is 5.07. The average molecular weight is 288 g/mol. The summed E-state index contributed by atoms with van der Waals surface area (Å²) < 4.78 is 9.92. The molecular formula is C16H16O3S. The van der Waals surface area contributed by atoms with Gasteiger partial charge in [0.05, 0.1) is 19.8 Å². The van der Waals surface area contributed by atoms with E-state index in [9.17, 15) is 4.79 Å². The largest absolute Gasteiger partial charge is 0.497 e. The SMILES string of the molecule is COC(=O)c1ccccc1SCc1ccc(OC)cc1. The van der Waals surface area contributed by atoms with E-state index in [1.807, 2.05) is 42.5 Å². The molecule has 0 heterocycles. The van der Waals surface area contributed by atoms with Crippen molar-refractivity contribution in [2.75, 3.05) is 14.2 Å². The van der Waals surface area contributed by atoms with Gasteiger partial charge in [-0.1, -0.05) is 24.3 Å². The first-order valence-electron chi connectivity index (χ1n) is 6.17. The lowest BCUT2D eigenvalue weighted by atomic mass is 10.2. The predicted octanol–water partition coefficient (Wildman–Crippen LogP) is 3.77. The highest BCUT2D eigenvalue weighted by atomic mass is 32.2. The topological polar surface area (TPSA) is 35.5 Å². The maximum atomic E-state index is 11.7. The lowest BCUT2D eigenvalue weighted by Gasteiger charge is -2.07. The number of esters is 1. The smallest absolute Gasteiger partial charge is 0.338 e. The number of benzene rings is 2. The molecule has 0 fully saturated rings. The van der Waals surface area contributed by atoms with Gasteiger partial charge in [-0.05, 0) is 29.8 Å². The summed E-state index contributed by atoms with van der Waals surface area (Å²) in [6.07, 6.45) is 0. The van der Waals surface area contributed by atoms with E-state index in [2.05, 4.69) is 0 Å². The van der Waals surface area contributed by atoms with Gasteiger partial charge in [0.15, 0.2) is 0 Å². The molecule has 0 bridgehead atoms. The molecule has 0 aliphatic rings. The minimum atomic E-state index is -0.303. The van der Waals surface area contributed by atoms with Gasteiger partial charge in [0.2, 0.25) is 0 Å². The van der Waals surface area contributed by atoms with E-state index < -0.39 is 0 Å². The molecule has 2 aromatic carbocycles. The Labute approximate surface area is 122 Å². The molecule has 0 aliphatic carbocycles. The fourth-order valence-electron chi connectivity index (χ4n) is 1.75. The Morgan fingerprint density at radius 1 is 1.05 bits per heavy atom. The van der Waals surface area contributed by atoms with E-state index in [1.54, 1.807) is 24.9 Å². The normalized spacial score (nSPS) is 10.1. The number of hydrogen-bond acceptors (Lipinski definition) is 4. The summed E-state index contributed by atoms with van der Waals surface area (Å²) in [5.41, 5.74) is 1.78. The van der Waals surface area contributed by atoms with Crippen LogP contribution in [0.3, 0.4) is 0 Å². The quantitative estimate of drug-likeness (QED) is 0.619. The standard InChI is InChI=1S/C16H16O3S/c1-18-13-9-7-12(8-10-13)11-20-15-6-4-3-5-14(15)16(17)19-2/h3-10H,11H2,1-2H3. The third-order valence-electron chi connectivity index (χ3n) is 2.85. The van der Waals surface area contributed by atoms with Crippen LogP contribution in [-0.4, -0.2) is 20.2 Å². The van der Waals surface area contributed by atoms with Crippen LogP contribution in [0, 0.1) is 0 Å². The van der Waals surface area contributed by atoms with Crippen LogP contribution in [0.25, 0.3) is 0 Å². The fraction of sp³-hybridized carbons (Fsp3) is 0.188. The van der Waals surface area contributed by atoms with Crippen molar-refractivity contribution in [2.45, 2.75) is 10.6 Å². The van der Waals surface area contributed by atoms with Gasteiger partial charge in [0.25, 0.3) is 0 Å². The highest BCUT2D eigenvalue weighted by Crippen LogP contribution is 2.27. The Morgan fingerprint density at radius 2 is 1.75 bits per heavy atom. The van der Waals surface area contributed by atoms with Crippen molar-refractivity contribution in [3.05, 3.63) is 59.7 Å². The Morgan fingerprint density at radius 3 is 2.40 bits per heavy atom. The Balaban J connectivity index is 2.08. The third kappa shape index (κ3) is 3.54. The monoisotopic (exact) mass is 288 g/mol. The number of ether oxygens (including phenoxy) is 2. The van der Waals surface area contributed by atoms with E-state index in [0.717, 1.165) is 16.4 Å². The van der Waals surface area contributed by atoms with E-state index in [0.29, 0.717) is 5.56 Å². The number of carbonyl (C=O) groups excluding carboxylic acids is 1. The Hall–Kier alpha value is -1.94. The van der Waals surface area contributed by atoms with E-state index >= 15 is 0 Å². The first kappa shape index (κ1) is 14.5. The highest BCUT2D eigenvalue weighted by molar-refractivity contribution is 7.98. The zero-order valence-corrected chi connectivity index (χ0v) is 12.3. The molecule has 0 aromatic heterocycles. The van der Waals surface area contributed by atoms with E-state index in [1.165, 1.54) is 12.7 Å². The van der Waals surface area contributed by atoms with Crippen molar-refractivity contribution in [3.8, 4) is 5.75 Å². The molecule has 2 aromatic rings. The van der Waals surface area contributed by atoms with Gasteiger partial charge in [-0.3, -0.25) is 0 Å². The highest BCUT2D eigenvalue weighted by Gasteiger charge is 2.11. The molecule has 104 valence electrons. The number of carbonyl (C=O) groups is 1. The summed E-state index contributed by atoms with van der Waals surface area (Å²) in [6.45, 7) is 0. The molecule has 0 N–H and O–H groups in total. The summed E-state index contributed by atoms with van der Waals surface area (Å²) in [6, 6.07) is 15.4. The zero-order chi connectivity index (χ0) is 14.4. The lowest BCUT2D eigenvalue weighted by Crippen LogP contribution is -2.02. The molecule has 0 amide bonds. The number of rotatable bonds is 5. The second-order valence-corrected chi connectivity index (χ2v) is 5.14. The first-order valence-corrected chi connectivity index (χ1v) is 7.16. The minimum absolute atomic E-state index is 0.303. The van der Waals surface area contributed by atoms with Crippen molar-refractivity contribution >= 4 is 17.7 Å². The molecule has 2 rings (SSSR count). The molecule has 20 heavy (non-hydrogen) atoms. The van der Waals surface area contributed by atoms with Crippen LogP contribution in [-0.2, 0) is 10.5 Å². The molecule has 4 heteroatoms. The van der Waals surface area contributed by atoms with Gasteiger partial charge in [0.1, 0.15) is 5.75 Å². The average Bonchev–Trinajstić information content (AvgIpc) is 2.53. The fourth-order valence-corrected chi connectivity index (χ4v) is 2.75. The minimum Gasteiger partial charge on any atom is -0.497 e. The lowest BCUT2D eigenvalue weighted by molar-refractivity contribution is 0.0597. The number of methoxy groups -OCH3 is 2. The van der Waals surface area contributed by atoms with Crippen molar-refractivity contribution in [3.63, 3.8) is 0 Å². The summed E-state index contributed by atoms with van der Waals surface area (Å²) in [4.78, 5) is 12.6. The number of thioether (sulfide) groups is 1. The van der Waals surface area contributed by atoms with E-state index in [-0.39, 0.29) is 5.97 Å². The molecule has 3 nitrogen and oxygen atoms in total. The van der Waals surface area contributed by atoms with Crippen molar-refractivity contribution in [1.82, 2.24) is 0 Å². The summed E-state index contributed by atoms with van der Waals surface area (Å²) in [5.74, 6) is 1.33. The zero-order valence-electron chi connectivity index (χ0n) is 11.5. The van der Waals surface area contributed by atoms with Gasteiger partial charge < -0.3 is 9.47 Å². The van der Waals surface area contributed by atoms with Gasteiger partial charge in [-0.15, -0.1) is 11.8 Å². The molecule has 0 atom stereocenters. The van der Waals surface area contributed by atoms with Crippen LogP contribution in [0.4, 0.5) is 0 Å². The second kappa shape index (κ2) is 7.01. The predicted molar refractivity (Wildman–Crippen MR) is 80.3 cm³/mol. The Bertz CT molecular complexity index is 579. The van der Waals surface area contributed by atoms with Crippen molar-refractivity contribution < 1.29 is 14.3 Å². The molecule has 0 saturated heterocycles. The van der Waals surface area contributed by atoms with Crippen LogP contribution in [0.1, 0.15) is 15.9 Å². The first-order chi connectivity index (χ1) is 9.74. The van der Waals surface area contributed by atoms with Crippen LogP contribution >= 0.6 is 11.8 Å². The molecule has 0 radical (unpaired) electrons. The summed E-state index contributed by atoms with van der Waals surface area (Å²) in [5, 5.41) is 0. The maximum absolute atomic E-state index is 11.7. The van der Waals surface area contributed by atoms with Crippen LogP contribution in [0.15, 0.2) is 53.4 Å². The van der Waals surface area contributed by atoms with Gasteiger partial charge in [-0.25, -0.2) is 4.79 Å². The van der Waals surface area contributed by atoms with Crippen molar-refractivity contribution in [2.24, 2.45) is 0 Å². The number of hydrogen-bond donors (Lipinski definition) is 0. The molecular weight excluding hydrogens is 272 g/mol. The summed E-state index contributed by atoms with van der Waals surface area (Å²) in [7, 11) is 3.05. The van der Waals surface area contributed by atoms with Gasteiger partial charge in [0, 0.05) is 10.6 Å². The molecule has 0 unspecified atom stereocenters. The van der Waals surface area contributed by atoms with Crippen LogP contribution < -0.4 is 4.74 Å². The van der Waals surface area contributed by atoms with E-state index in [4.69, 9.17) is 9.47 Å². The third-order valence-corrected chi connectivity index (χ3v) is 3.99. The summed E-state index contributed by atoms with van der Waals surface area (Å²) >= 11 is 1.62. The molecule has 0 saturated carbocycles. The van der Waals surface area contributed by atoms with Crippen LogP contribution in [0.5, 0.6) is 5.75 Å². The van der Waals surface area contributed by atoms with Crippen LogP contribution in [0.2, 0.25) is 0 Å².